The highest BCUT2D eigenvalue weighted by atomic mass is 32.2. The van der Waals surface area contributed by atoms with E-state index in [9.17, 15) is 4.79 Å². The highest BCUT2D eigenvalue weighted by Crippen LogP contribution is 2.37. The third-order valence-electron chi connectivity index (χ3n) is 6.15. The predicted octanol–water partition coefficient (Wildman–Crippen LogP) is 5.36. The average Bonchev–Trinajstić information content (AvgIpc) is 3.15. The van der Waals surface area contributed by atoms with E-state index in [4.69, 9.17) is 0 Å². The van der Waals surface area contributed by atoms with Crippen molar-refractivity contribution < 1.29 is 4.79 Å². The van der Waals surface area contributed by atoms with Gasteiger partial charge in [-0.15, -0.1) is 10.2 Å². The molecule has 0 bridgehead atoms. The lowest BCUT2D eigenvalue weighted by Crippen LogP contribution is -2.39. The van der Waals surface area contributed by atoms with Gasteiger partial charge < -0.3 is 5.32 Å². The Bertz CT molecular complexity index is 998. The van der Waals surface area contributed by atoms with Crippen LogP contribution in [0.2, 0.25) is 0 Å². The SMILES string of the molecule is CC(C)(C)C1CCC(NC(=O)c2ccc(CSc3nnc4ccccn34)cc2)CC1. The summed E-state index contributed by atoms with van der Waals surface area (Å²) in [4.78, 5) is 12.7. The lowest BCUT2D eigenvalue weighted by molar-refractivity contribution is 0.0904. The molecule has 0 radical (unpaired) electrons. The summed E-state index contributed by atoms with van der Waals surface area (Å²) < 4.78 is 1.99. The molecule has 6 heteroatoms. The molecule has 1 saturated carbocycles. The second kappa shape index (κ2) is 8.80. The Morgan fingerprint density at radius 2 is 1.80 bits per heavy atom. The molecule has 2 heterocycles. The van der Waals surface area contributed by atoms with Crippen molar-refractivity contribution in [3.05, 3.63) is 59.8 Å². The van der Waals surface area contributed by atoms with E-state index in [0.29, 0.717) is 11.5 Å². The Balaban J connectivity index is 1.29. The van der Waals surface area contributed by atoms with Gasteiger partial charge in [0, 0.05) is 23.6 Å². The zero-order valence-corrected chi connectivity index (χ0v) is 18.8. The molecule has 1 fully saturated rings. The van der Waals surface area contributed by atoms with Crippen molar-refractivity contribution in [2.75, 3.05) is 0 Å². The van der Waals surface area contributed by atoms with E-state index in [1.807, 2.05) is 53.1 Å². The number of pyridine rings is 1. The van der Waals surface area contributed by atoms with Crippen LogP contribution in [0.25, 0.3) is 5.65 Å². The van der Waals surface area contributed by atoms with E-state index < -0.39 is 0 Å². The number of thioether (sulfide) groups is 1. The second-order valence-corrected chi connectivity index (χ2v) is 10.2. The maximum absolute atomic E-state index is 12.7. The first-order valence-corrected chi connectivity index (χ1v) is 11.7. The molecule has 3 aromatic rings. The number of benzene rings is 1. The Morgan fingerprint density at radius 3 is 2.50 bits per heavy atom. The van der Waals surface area contributed by atoms with Gasteiger partial charge in [-0.25, -0.2) is 0 Å². The lowest BCUT2D eigenvalue weighted by atomic mass is 9.71. The van der Waals surface area contributed by atoms with E-state index in [1.165, 1.54) is 12.8 Å². The van der Waals surface area contributed by atoms with Crippen molar-refractivity contribution in [2.45, 2.75) is 63.4 Å². The van der Waals surface area contributed by atoms with E-state index in [0.717, 1.165) is 46.4 Å². The molecular weight excluding hydrogens is 392 g/mol. The van der Waals surface area contributed by atoms with Crippen molar-refractivity contribution >= 4 is 23.3 Å². The Morgan fingerprint density at radius 1 is 1.07 bits per heavy atom. The summed E-state index contributed by atoms with van der Waals surface area (Å²) >= 11 is 1.64. The highest BCUT2D eigenvalue weighted by Gasteiger charge is 2.30. The molecule has 158 valence electrons. The second-order valence-electron chi connectivity index (χ2n) is 9.29. The van der Waals surface area contributed by atoms with Gasteiger partial charge in [0.25, 0.3) is 5.91 Å². The van der Waals surface area contributed by atoms with Crippen LogP contribution in [-0.2, 0) is 5.75 Å². The fourth-order valence-electron chi connectivity index (χ4n) is 4.19. The minimum atomic E-state index is 0.0388. The predicted molar refractivity (Wildman–Crippen MR) is 122 cm³/mol. The molecule has 4 rings (SSSR count). The molecule has 0 unspecified atom stereocenters. The average molecular weight is 423 g/mol. The quantitative estimate of drug-likeness (QED) is 0.563. The number of nitrogens with zero attached hydrogens (tertiary/aromatic N) is 3. The van der Waals surface area contributed by atoms with Crippen molar-refractivity contribution in [2.24, 2.45) is 11.3 Å². The molecule has 1 aliphatic carbocycles. The Labute approximate surface area is 182 Å². The maximum Gasteiger partial charge on any atom is 0.251 e. The summed E-state index contributed by atoms with van der Waals surface area (Å²) in [6.07, 6.45) is 6.52. The van der Waals surface area contributed by atoms with E-state index in [2.05, 4.69) is 36.3 Å². The van der Waals surface area contributed by atoms with Crippen LogP contribution < -0.4 is 5.32 Å². The van der Waals surface area contributed by atoms with Crippen molar-refractivity contribution in [3.8, 4) is 0 Å². The lowest BCUT2D eigenvalue weighted by Gasteiger charge is -2.37. The molecule has 1 N–H and O–H groups in total. The van der Waals surface area contributed by atoms with Gasteiger partial charge in [0.05, 0.1) is 0 Å². The monoisotopic (exact) mass is 422 g/mol. The standard InChI is InChI=1S/C24H30N4OS/c1-24(2,3)19-11-13-20(14-12-19)25-22(29)18-9-7-17(8-10-18)16-30-23-27-26-21-6-4-5-15-28(21)23/h4-10,15,19-20H,11-14,16H2,1-3H3,(H,25,29). The van der Waals surface area contributed by atoms with Crippen molar-refractivity contribution in [1.82, 2.24) is 19.9 Å². The summed E-state index contributed by atoms with van der Waals surface area (Å²) in [6.45, 7) is 6.96. The van der Waals surface area contributed by atoms with E-state index in [1.54, 1.807) is 11.8 Å². The Hall–Kier alpha value is -2.34. The molecule has 0 atom stereocenters. The van der Waals surface area contributed by atoms with Gasteiger partial charge in [0.15, 0.2) is 10.8 Å². The number of nitrogens with one attached hydrogen (secondary N) is 1. The van der Waals surface area contributed by atoms with Crippen LogP contribution in [0, 0.1) is 11.3 Å². The van der Waals surface area contributed by atoms with Gasteiger partial charge in [-0.05, 0) is 66.8 Å². The van der Waals surface area contributed by atoms with Crippen LogP contribution in [0.5, 0.6) is 0 Å². The molecule has 1 amide bonds. The number of fused-ring (bicyclic) bond motifs is 1. The largest absolute Gasteiger partial charge is 0.349 e. The molecule has 30 heavy (non-hydrogen) atoms. The molecule has 5 nitrogen and oxygen atoms in total. The van der Waals surface area contributed by atoms with Gasteiger partial charge >= 0.3 is 0 Å². The molecule has 2 aromatic heterocycles. The zero-order chi connectivity index (χ0) is 21.1. The first kappa shape index (κ1) is 20.9. The van der Waals surface area contributed by atoms with E-state index in [-0.39, 0.29) is 5.91 Å². The molecule has 1 aliphatic rings. The summed E-state index contributed by atoms with van der Waals surface area (Å²) in [5, 5.41) is 12.5. The van der Waals surface area contributed by atoms with Gasteiger partial charge in [-0.2, -0.15) is 0 Å². The highest BCUT2D eigenvalue weighted by molar-refractivity contribution is 7.98. The van der Waals surface area contributed by atoms with Gasteiger partial charge in [0.1, 0.15) is 0 Å². The normalized spacial score (nSPS) is 19.7. The van der Waals surface area contributed by atoms with Crippen LogP contribution in [0.3, 0.4) is 0 Å². The number of rotatable bonds is 5. The number of hydrogen-bond acceptors (Lipinski definition) is 4. The fraction of sp³-hybridized carbons (Fsp3) is 0.458. The number of amides is 1. The smallest absolute Gasteiger partial charge is 0.251 e. The van der Waals surface area contributed by atoms with Crippen LogP contribution in [-0.4, -0.2) is 26.5 Å². The number of aromatic nitrogens is 3. The minimum Gasteiger partial charge on any atom is -0.349 e. The van der Waals surface area contributed by atoms with Crippen LogP contribution in [0.1, 0.15) is 62.4 Å². The summed E-state index contributed by atoms with van der Waals surface area (Å²) in [6, 6.07) is 14.1. The van der Waals surface area contributed by atoms with Crippen molar-refractivity contribution in [3.63, 3.8) is 0 Å². The third kappa shape index (κ3) is 4.86. The van der Waals surface area contributed by atoms with Crippen LogP contribution in [0.4, 0.5) is 0 Å². The molecule has 1 aromatic carbocycles. The molecular formula is C24H30N4OS. The zero-order valence-electron chi connectivity index (χ0n) is 18.0. The molecule has 0 saturated heterocycles. The van der Waals surface area contributed by atoms with Gasteiger partial charge in [-0.1, -0.05) is 50.7 Å². The molecule has 0 spiro atoms. The summed E-state index contributed by atoms with van der Waals surface area (Å²) in [7, 11) is 0. The summed E-state index contributed by atoms with van der Waals surface area (Å²) in [5.74, 6) is 1.58. The first-order valence-electron chi connectivity index (χ1n) is 10.7. The van der Waals surface area contributed by atoms with Crippen LogP contribution >= 0.6 is 11.8 Å². The molecule has 0 aliphatic heterocycles. The fourth-order valence-corrected chi connectivity index (χ4v) is 5.07. The van der Waals surface area contributed by atoms with Gasteiger partial charge in [-0.3, -0.25) is 9.20 Å². The summed E-state index contributed by atoms with van der Waals surface area (Å²) in [5.41, 5.74) is 3.11. The van der Waals surface area contributed by atoms with Gasteiger partial charge in [0.2, 0.25) is 0 Å². The van der Waals surface area contributed by atoms with E-state index >= 15 is 0 Å². The van der Waals surface area contributed by atoms with Crippen molar-refractivity contribution in [1.29, 1.82) is 0 Å². The first-order chi connectivity index (χ1) is 14.4. The van der Waals surface area contributed by atoms with Crippen LogP contribution in [0.15, 0.2) is 53.8 Å². The Kier molecular flexibility index (Phi) is 6.14. The third-order valence-corrected chi connectivity index (χ3v) is 7.17. The topological polar surface area (TPSA) is 59.3 Å². The minimum absolute atomic E-state index is 0.0388. The maximum atomic E-state index is 12.7. The number of carbonyl (C=O) groups is 1. The number of hydrogen-bond donors (Lipinski definition) is 1. The number of carbonyl (C=O) groups excluding carboxylic acids is 1.